The third-order valence-corrected chi connectivity index (χ3v) is 6.31. The van der Waals surface area contributed by atoms with Crippen LogP contribution in [0.4, 0.5) is 14.5 Å². The predicted octanol–water partition coefficient (Wildman–Crippen LogP) is 1.86. The molecule has 0 spiro atoms. The lowest BCUT2D eigenvalue weighted by Crippen LogP contribution is -2.42. The number of hydrogen-bond donors (Lipinski definition) is 3. The quantitative estimate of drug-likeness (QED) is 0.537. The van der Waals surface area contributed by atoms with Crippen LogP contribution < -0.4 is 15.8 Å². The molecule has 0 unspecified atom stereocenters. The second-order valence-corrected chi connectivity index (χ2v) is 8.59. The van der Waals surface area contributed by atoms with Crippen molar-refractivity contribution >= 4 is 27.6 Å². The maximum atomic E-state index is 12.5. The van der Waals surface area contributed by atoms with Crippen molar-refractivity contribution in [3.8, 4) is 0 Å². The molecule has 29 heavy (non-hydrogen) atoms. The van der Waals surface area contributed by atoms with Crippen LogP contribution in [0.5, 0.6) is 0 Å². The molecule has 1 aliphatic carbocycles. The zero-order valence-corrected chi connectivity index (χ0v) is 16.8. The maximum Gasteiger partial charge on any atom is 0.339 e. The van der Waals surface area contributed by atoms with E-state index in [1.54, 1.807) is 4.72 Å². The molecule has 0 heterocycles. The van der Waals surface area contributed by atoms with E-state index >= 15 is 0 Å². The standard InChI is InChI=1S/C18H25F2N3O5S/c1-28-18(25)13-9-12(7-8-14(13)29(26,27)22-10-15(19)20)23-17(24)16(21)11-5-3-2-4-6-11/h7-9,11,15-16,22H,2-6,10,21H2,1H3,(H,23,24)/t16-/m0/s1. The van der Waals surface area contributed by atoms with E-state index in [1.807, 2.05) is 0 Å². The van der Waals surface area contributed by atoms with Crippen molar-refractivity contribution in [3.63, 3.8) is 0 Å². The summed E-state index contributed by atoms with van der Waals surface area (Å²) < 4.78 is 55.6. The van der Waals surface area contributed by atoms with Crippen molar-refractivity contribution in [2.24, 2.45) is 11.7 Å². The van der Waals surface area contributed by atoms with Crippen LogP contribution in [0, 0.1) is 5.92 Å². The fourth-order valence-corrected chi connectivity index (χ4v) is 4.47. The van der Waals surface area contributed by atoms with Crippen LogP contribution in [-0.2, 0) is 19.6 Å². The average molecular weight is 433 g/mol. The number of halogens is 2. The van der Waals surface area contributed by atoms with Crippen LogP contribution >= 0.6 is 0 Å². The molecule has 1 atom stereocenters. The Morgan fingerprint density at radius 2 is 1.90 bits per heavy atom. The summed E-state index contributed by atoms with van der Waals surface area (Å²) in [5.74, 6) is -1.38. The lowest BCUT2D eigenvalue weighted by molar-refractivity contribution is -0.118. The summed E-state index contributed by atoms with van der Waals surface area (Å²) in [4.78, 5) is 24.0. The van der Waals surface area contributed by atoms with E-state index in [9.17, 15) is 26.8 Å². The predicted molar refractivity (Wildman–Crippen MR) is 102 cm³/mol. The number of carbonyl (C=O) groups excluding carboxylic acids is 2. The maximum absolute atomic E-state index is 12.5. The van der Waals surface area contributed by atoms with E-state index in [1.165, 1.54) is 6.07 Å². The van der Waals surface area contributed by atoms with Crippen molar-refractivity contribution in [2.45, 2.75) is 49.5 Å². The first-order valence-corrected chi connectivity index (χ1v) is 10.7. The highest BCUT2D eigenvalue weighted by atomic mass is 32.2. The number of ether oxygens (including phenoxy) is 1. The number of hydrogen-bond acceptors (Lipinski definition) is 6. The molecule has 2 rings (SSSR count). The minimum absolute atomic E-state index is 0.0574. The number of alkyl halides is 2. The first kappa shape index (κ1) is 23.2. The molecule has 0 saturated heterocycles. The van der Waals surface area contributed by atoms with Crippen LogP contribution in [-0.4, -0.2) is 46.4 Å². The van der Waals surface area contributed by atoms with E-state index in [0.29, 0.717) is 0 Å². The van der Waals surface area contributed by atoms with Crippen molar-refractivity contribution in [1.29, 1.82) is 0 Å². The summed E-state index contributed by atoms with van der Waals surface area (Å²) in [6.07, 6.45) is 1.95. The molecule has 0 radical (unpaired) electrons. The summed E-state index contributed by atoms with van der Waals surface area (Å²) in [7, 11) is -3.34. The second kappa shape index (κ2) is 10.1. The van der Waals surface area contributed by atoms with Gasteiger partial charge in [0.05, 0.1) is 30.2 Å². The van der Waals surface area contributed by atoms with E-state index < -0.39 is 51.4 Å². The first-order valence-electron chi connectivity index (χ1n) is 9.22. The van der Waals surface area contributed by atoms with Gasteiger partial charge in [-0.25, -0.2) is 26.7 Å². The molecule has 1 aromatic carbocycles. The molecule has 1 saturated carbocycles. The Morgan fingerprint density at radius 1 is 1.24 bits per heavy atom. The molecular formula is C18H25F2N3O5S. The van der Waals surface area contributed by atoms with Gasteiger partial charge in [0.1, 0.15) is 0 Å². The van der Waals surface area contributed by atoms with E-state index in [2.05, 4.69) is 10.1 Å². The highest BCUT2D eigenvalue weighted by Crippen LogP contribution is 2.27. The SMILES string of the molecule is COC(=O)c1cc(NC(=O)[C@@H](N)C2CCCCC2)ccc1S(=O)(=O)NCC(F)F. The molecule has 162 valence electrons. The van der Waals surface area contributed by atoms with Crippen LogP contribution in [0.1, 0.15) is 42.5 Å². The number of rotatable bonds is 8. The fraction of sp³-hybridized carbons (Fsp3) is 0.556. The van der Waals surface area contributed by atoms with Gasteiger partial charge in [-0.05, 0) is 37.0 Å². The lowest BCUT2D eigenvalue weighted by atomic mass is 9.84. The Balaban J connectivity index is 2.24. The minimum Gasteiger partial charge on any atom is -0.465 e. The second-order valence-electron chi connectivity index (χ2n) is 6.86. The number of nitrogens with one attached hydrogen (secondary N) is 2. The topological polar surface area (TPSA) is 128 Å². The molecule has 11 heteroatoms. The number of nitrogens with two attached hydrogens (primary N) is 1. The van der Waals surface area contributed by atoms with E-state index in [0.717, 1.165) is 51.3 Å². The van der Waals surface area contributed by atoms with E-state index in [4.69, 9.17) is 5.73 Å². The van der Waals surface area contributed by atoms with Gasteiger partial charge in [0, 0.05) is 5.69 Å². The summed E-state index contributed by atoms with van der Waals surface area (Å²) in [6, 6.07) is 2.69. The molecule has 8 nitrogen and oxygen atoms in total. The monoisotopic (exact) mass is 433 g/mol. The largest absolute Gasteiger partial charge is 0.465 e. The number of sulfonamides is 1. The number of amides is 1. The zero-order valence-electron chi connectivity index (χ0n) is 16.0. The highest BCUT2D eigenvalue weighted by Gasteiger charge is 2.28. The number of benzene rings is 1. The average Bonchev–Trinajstić information content (AvgIpc) is 2.71. The van der Waals surface area contributed by atoms with Crippen molar-refractivity contribution in [2.75, 3.05) is 19.0 Å². The highest BCUT2D eigenvalue weighted by molar-refractivity contribution is 7.89. The van der Waals surface area contributed by atoms with Gasteiger partial charge in [-0.2, -0.15) is 0 Å². The molecule has 4 N–H and O–H groups in total. The zero-order chi connectivity index (χ0) is 21.6. The van der Waals surface area contributed by atoms with Gasteiger partial charge in [-0.1, -0.05) is 19.3 Å². The molecule has 1 aromatic rings. The summed E-state index contributed by atoms with van der Waals surface area (Å²) in [6.45, 7) is -1.10. The van der Waals surface area contributed by atoms with Gasteiger partial charge < -0.3 is 15.8 Å². The molecular weight excluding hydrogens is 408 g/mol. The van der Waals surface area contributed by atoms with E-state index in [-0.39, 0.29) is 11.6 Å². The minimum atomic E-state index is -4.39. The molecule has 0 aliphatic heterocycles. The van der Waals surface area contributed by atoms with Crippen LogP contribution in [0.15, 0.2) is 23.1 Å². The Bertz CT molecular complexity index is 842. The van der Waals surface area contributed by atoms with Gasteiger partial charge in [0.15, 0.2) is 0 Å². The molecule has 0 aromatic heterocycles. The Morgan fingerprint density at radius 3 is 2.48 bits per heavy atom. The summed E-state index contributed by atoms with van der Waals surface area (Å²) >= 11 is 0. The number of esters is 1. The third-order valence-electron chi connectivity index (χ3n) is 4.83. The van der Waals surface area contributed by atoms with Gasteiger partial charge in [-0.3, -0.25) is 4.79 Å². The Labute approximate surface area is 168 Å². The van der Waals surface area contributed by atoms with Gasteiger partial charge in [-0.15, -0.1) is 0 Å². The normalized spacial score (nSPS) is 16.4. The van der Waals surface area contributed by atoms with Gasteiger partial charge in [0.25, 0.3) is 6.43 Å². The Kier molecular flexibility index (Phi) is 8.05. The fourth-order valence-electron chi connectivity index (χ4n) is 3.29. The van der Waals surface area contributed by atoms with Crippen molar-refractivity contribution < 1.29 is 31.5 Å². The van der Waals surface area contributed by atoms with Crippen LogP contribution in [0.3, 0.4) is 0 Å². The molecule has 1 fully saturated rings. The molecule has 1 amide bonds. The summed E-state index contributed by atoms with van der Waals surface area (Å²) in [5, 5.41) is 2.58. The van der Waals surface area contributed by atoms with Gasteiger partial charge >= 0.3 is 5.97 Å². The number of methoxy groups -OCH3 is 1. The molecule has 0 bridgehead atoms. The van der Waals surface area contributed by atoms with Gasteiger partial charge in [0.2, 0.25) is 15.9 Å². The van der Waals surface area contributed by atoms with Crippen LogP contribution in [0.2, 0.25) is 0 Å². The molecule has 1 aliphatic rings. The number of carbonyl (C=O) groups is 2. The lowest BCUT2D eigenvalue weighted by Gasteiger charge is -2.26. The first-order chi connectivity index (χ1) is 13.7. The van der Waals surface area contributed by atoms with Crippen molar-refractivity contribution in [3.05, 3.63) is 23.8 Å². The van der Waals surface area contributed by atoms with Crippen molar-refractivity contribution in [1.82, 2.24) is 4.72 Å². The van der Waals surface area contributed by atoms with Crippen LogP contribution in [0.25, 0.3) is 0 Å². The Hall–Kier alpha value is -2.11. The smallest absolute Gasteiger partial charge is 0.339 e. The summed E-state index contributed by atoms with van der Waals surface area (Å²) in [5.41, 5.74) is 5.81. The number of anilines is 1. The third kappa shape index (κ3) is 6.18.